The summed E-state index contributed by atoms with van der Waals surface area (Å²) in [4.78, 5) is 0. The first-order valence-electron chi connectivity index (χ1n) is 3.10. The molecular formula is C7H9NO2S. The van der Waals surface area contributed by atoms with Gasteiger partial charge in [0.05, 0.1) is 5.75 Å². The smallest absolute Gasteiger partial charge is 0.157 e. The predicted molar refractivity (Wildman–Crippen MR) is 45.3 cm³/mol. The molecule has 0 heterocycles. The number of benzene rings is 1. The van der Waals surface area contributed by atoms with Gasteiger partial charge in [-0.2, -0.15) is 0 Å². The van der Waals surface area contributed by atoms with Crippen LogP contribution in [0.15, 0.2) is 24.3 Å². The molecule has 0 aliphatic carbocycles. The Morgan fingerprint density at radius 1 is 1.36 bits per heavy atom. The molecule has 0 saturated heterocycles. The Balaban J connectivity index is 2.74. The lowest BCUT2D eigenvalue weighted by atomic mass is 10.2. The van der Waals surface area contributed by atoms with E-state index in [2.05, 4.69) is 0 Å². The highest BCUT2D eigenvalue weighted by Crippen LogP contribution is 2.06. The molecule has 0 spiro atoms. The van der Waals surface area contributed by atoms with Crippen molar-refractivity contribution in [1.29, 1.82) is 0 Å². The Bertz CT molecular complexity index is 258. The van der Waals surface area contributed by atoms with Crippen molar-refractivity contribution in [3.05, 3.63) is 29.8 Å². The number of hydrogen-bond acceptors (Lipinski definition) is 2. The monoisotopic (exact) mass is 171 g/mol. The standard InChI is InChI=1S/C7H9NO2S/c8-7-3-1-6(2-4-7)5-11(9)10/h1-4H,5,8H2,(H,9,10). The summed E-state index contributed by atoms with van der Waals surface area (Å²) in [7, 11) is 0. The molecule has 1 aromatic rings. The summed E-state index contributed by atoms with van der Waals surface area (Å²) in [6.45, 7) is 0. The summed E-state index contributed by atoms with van der Waals surface area (Å²) >= 11 is -1.76. The predicted octanol–water partition coefficient (Wildman–Crippen LogP) is 0.991. The summed E-state index contributed by atoms with van der Waals surface area (Å²) in [5, 5.41) is 0. The van der Waals surface area contributed by atoms with Crippen LogP contribution < -0.4 is 5.73 Å². The highest BCUT2D eigenvalue weighted by Gasteiger charge is 1.95. The van der Waals surface area contributed by atoms with Crippen molar-refractivity contribution in [2.24, 2.45) is 0 Å². The molecule has 1 atom stereocenters. The average molecular weight is 171 g/mol. The summed E-state index contributed by atoms with van der Waals surface area (Å²) in [6.07, 6.45) is 0. The van der Waals surface area contributed by atoms with Crippen LogP contribution in [0.25, 0.3) is 0 Å². The maximum Gasteiger partial charge on any atom is 0.157 e. The van der Waals surface area contributed by atoms with Gasteiger partial charge in [0, 0.05) is 5.69 Å². The molecular weight excluding hydrogens is 162 g/mol. The summed E-state index contributed by atoms with van der Waals surface area (Å²) in [6, 6.07) is 6.90. The van der Waals surface area contributed by atoms with Gasteiger partial charge >= 0.3 is 0 Å². The fraction of sp³-hybridized carbons (Fsp3) is 0.143. The highest BCUT2D eigenvalue weighted by atomic mass is 32.2. The van der Waals surface area contributed by atoms with Crippen LogP contribution in [0.1, 0.15) is 5.56 Å². The van der Waals surface area contributed by atoms with Crippen molar-refractivity contribution in [3.63, 3.8) is 0 Å². The van der Waals surface area contributed by atoms with E-state index < -0.39 is 11.1 Å². The van der Waals surface area contributed by atoms with E-state index in [0.29, 0.717) is 5.69 Å². The van der Waals surface area contributed by atoms with Crippen molar-refractivity contribution in [2.45, 2.75) is 5.75 Å². The first kappa shape index (κ1) is 8.23. The number of rotatable bonds is 2. The number of anilines is 1. The Morgan fingerprint density at radius 3 is 2.36 bits per heavy atom. The quantitative estimate of drug-likeness (QED) is 0.515. The zero-order chi connectivity index (χ0) is 8.27. The molecule has 0 bridgehead atoms. The van der Waals surface area contributed by atoms with Crippen LogP contribution in [0.5, 0.6) is 0 Å². The Hall–Kier alpha value is -0.870. The third kappa shape index (κ3) is 2.69. The zero-order valence-electron chi connectivity index (χ0n) is 5.86. The van der Waals surface area contributed by atoms with Gasteiger partial charge in [-0.05, 0) is 17.7 Å². The van der Waals surface area contributed by atoms with E-state index in [9.17, 15) is 4.21 Å². The van der Waals surface area contributed by atoms with Gasteiger partial charge in [0.25, 0.3) is 0 Å². The van der Waals surface area contributed by atoms with Gasteiger partial charge in [0.2, 0.25) is 0 Å². The van der Waals surface area contributed by atoms with Crippen molar-refractivity contribution in [3.8, 4) is 0 Å². The van der Waals surface area contributed by atoms with Gasteiger partial charge in [0.1, 0.15) is 0 Å². The minimum Gasteiger partial charge on any atom is -0.399 e. The molecule has 11 heavy (non-hydrogen) atoms. The SMILES string of the molecule is Nc1ccc(CS(=O)O)cc1. The zero-order valence-corrected chi connectivity index (χ0v) is 6.67. The van der Waals surface area contributed by atoms with Crippen LogP contribution in [0.2, 0.25) is 0 Å². The van der Waals surface area contributed by atoms with Gasteiger partial charge in [0.15, 0.2) is 11.1 Å². The van der Waals surface area contributed by atoms with Gasteiger partial charge < -0.3 is 10.3 Å². The summed E-state index contributed by atoms with van der Waals surface area (Å²) in [5.41, 5.74) is 6.90. The Kier molecular flexibility index (Phi) is 2.62. The number of nitrogen functional groups attached to an aromatic ring is 1. The van der Waals surface area contributed by atoms with Crippen molar-refractivity contribution >= 4 is 16.8 Å². The molecule has 1 unspecified atom stereocenters. The van der Waals surface area contributed by atoms with Crippen LogP contribution in [0, 0.1) is 0 Å². The molecule has 0 aromatic heterocycles. The van der Waals surface area contributed by atoms with Crippen molar-refractivity contribution in [2.75, 3.05) is 5.73 Å². The molecule has 4 heteroatoms. The van der Waals surface area contributed by atoms with E-state index >= 15 is 0 Å². The Morgan fingerprint density at radius 2 is 1.91 bits per heavy atom. The fourth-order valence-electron chi connectivity index (χ4n) is 0.756. The van der Waals surface area contributed by atoms with E-state index in [1.807, 2.05) is 0 Å². The van der Waals surface area contributed by atoms with E-state index in [-0.39, 0.29) is 5.75 Å². The number of hydrogen-bond donors (Lipinski definition) is 2. The van der Waals surface area contributed by atoms with Crippen molar-refractivity contribution in [1.82, 2.24) is 0 Å². The van der Waals surface area contributed by atoms with Crippen LogP contribution in [-0.4, -0.2) is 8.76 Å². The molecule has 3 N–H and O–H groups in total. The fourth-order valence-corrected chi connectivity index (χ4v) is 1.23. The van der Waals surface area contributed by atoms with Crippen LogP contribution in [0.3, 0.4) is 0 Å². The maximum absolute atomic E-state index is 10.3. The lowest BCUT2D eigenvalue weighted by molar-refractivity contribution is 0.563. The van der Waals surface area contributed by atoms with Crippen molar-refractivity contribution < 1.29 is 8.76 Å². The van der Waals surface area contributed by atoms with E-state index in [1.54, 1.807) is 24.3 Å². The molecule has 3 nitrogen and oxygen atoms in total. The first-order valence-corrected chi connectivity index (χ1v) is 4.38. The largest absolute Gasteiger partial charge is 0.399 e. The topological polar surface area (TPSA) is 63.3 Å². The van der Waals surface area contributed by atoms with Gasteiger partial charge in [-0.15, -0.1) is 0 Å². The van der Waals surface area contributed by atoms with Crippen LogP contribution in [-0.2, 0) is 16.8 Å². The lowest BCUT2D eigenvalue weighted by Gasteiger charge is -1.96. The van der Waals surface area contributed by atoms with Crippen LogP contribution in [0.4, 0.5) is 5.69 Å². The summed E-state index contributed by atoms with van der Waals surface area (Å²) in [5.74, 6) is 0.167. The van der Waals surface area contributed by atoms with E-state index in [4.69, 9.17) is 10.3 Å². The van der Waals surface area contributed by atoms with Gasteiger partial charge in [-0.1, -0.05) is 12.1 Å². The van der Waals surface area contributed by atoms with Gasteiger partial charge in [-0.3, -0.25) is 0 Å². The molecule has 0 aliphatic rings. The van der Waals surface area contributed by atoms with Gasteiger partial charge in [-0.25, -0.2) is 4.21 Å². The molecule has 1 aromatic carbocycles. The molecule has 0 fully saturated rings. The maximum atomic E-state index is 10.3. The molecule has 0 aliphatic heterocycles. The minimum absolute atomic E-state index is 0.167. The molecule has 60 valence electrons. The normalized spacial score (nSPS) is 12.8. The van der Waals surface area contributed by atoms with Crippen LogP contribution >= 0.6 is 0 Å². The summed E-state index contributed by atoms with van der Waals surface area (Å²) < 4.78 is 18.8. The molecule has 0 radical (unpaired) electrons. The third-order valence-electron chi connectivity index (χ3n) is 1.27. The first-order chi connectivity index (χ1) is 5.18. The lowest BCUT2D eigenvalue weighted by Crippen LogP contribution is -1.93. The molecule has 1 rings (SSSR count). The van der Waals surface area contributed by atoms with E-state index in [1.165, 1.54) is 0 Å². The second kappa shape index (κ2) is 3.50. The average Bonchev–Trinajstić information content (AvgIpc) is 1.93. The van der Waals surface area contributed by atoms with E-state index in [0.717, 1.165) is 5.56 Å². The molecule has 0 amide bonds. The second-order valence-corrected chi connectivity index (χ2v) is 3.14. The third-order valence-corrected chi connectivity index (χ3v) is 1.85. The minimum atomic E-state index is -1.76. The second-order valence-electron chi connectivity index (χ2n) is 2.21. The Labute approximate surface area is 67.5 Å². The number of nitrogens with two attached hydrogens (primary N) is 1. The highest BCUT2D eigenvalue weighted by molar-refractivity contribution is 7.78. The molecule has 0 saturated carbocycles.